The molecule has 3 unspecified atom stereocenters. The Hall–Kier alpha value is -0.200. The van der Waals surface area contributed by atoms with Crippen LogP contribution in [-0.2, 0) is 9.47 Å². The molecule has 0 aromatic carbocycles. The second-order valence-corrected chi connectivity index (χ2v) is 5.74. The van der Waals surface area contributed by atoms with Gasteiger partial charge in [0.15, 0.2) is 0 Å². The van der Waals surface area contributed by atoms with Crippen molar-refractivity contribution in [2.24, 2.45) is 5.92 Å². The first-order valence-electron chi connectivity index (χ1n) is 7.33. The maximum Gasteiger partial charge on any atom is 0.0897 e. The maximum absolute atomic E-state index is 9.79. The Balaban J connectivity index is 2.03. The third kappa shape index (κ3) is 7.84. The van der Waals surface area contributed by atoms with Crippen LogP contribution in [0.3, 0.4) is 0 Å². The second kappa shape index (κ2) is 9.66. The molecule has 1 fully saturated rings. The summed E-state index contributed by atoms with van der Waals surface area (Å²) in [6.45, 7) is 6.48. The maximum atomic E-state index is 9.79. The normalized spacial score (nSPS) is 22.9. The molecular weight excluding hydrogens is 246 g/mol. The first kappa shape index (κ1) is 16.9. The van der Waals surface area contributed by atoms with Crippen LogP contribution in [0.5, 0.6) is 0 Å². The lowest BCUT2D eigenvalue weighted by molar-refractivity contribution is -0.0174. The van der Waals surface area contributed by atoms with Gasteiger partial charge in [0.1, 0.15) is 0 Å². The van der Waals surface area contributed by atoms with Gasteiger partial charge in [-0.05, 0) is 25.2 Å². The fourth-order valence-electron chi connectivity index (χ4n) is 2.26. The van der Waals surface area contributed by atoms with Crippen molar-refractivity contribution in [3.05, 3.63) is 0 Å². The van der Waals surface area contributed by atoms with Gasteiger partial charge in [-0.2, -0.15) is 0 Å². The smallest absolute Gasteiger partial charge is 0.0897 e. The minimum Gasteiger partial charge on any atom is -0.395 e. The lowest BCUT2D eigenvalue weighted by Crippen LogP contribution is -2.40. The van der Waals surface area contributed by atoms with Gasteiger partial charge in [0.05, 0.1) is 32.0 Å². The third-order valence-electron chi connectivity index (χ3n) is 3.26. The van der Waals surface area contributed by atoms with Crippen molar-refractivity contribution in [2.45, 2.75) is 51.4 Å². The Morgan fingerprint density at radius 2 is 2.21 bits per heavy atom. The molecule has 0 aliphatic carbocycles. The highest BCUT2D eigenvalue weighted by Crippen LogP contribution is 2.11. The summed E-state index contributed by atoms with van der Waals surface area (Å²) in [5.74, 6) is 0.526. The zero-order valence-electron chi connectivity index (χ0n) is 12.2. The number of aliphatic hydroxyl groups is 2. The van der Waals surface area contributed by atoms with Gasteiger partial charge in [0.2, 0.25) is 0 Å². The fraction of sp³-hybridized carbons (Fsp3) is 1.00. The van der Waals surface area contributed by atoms with Crippen LogP contribution in [0.1, 0.15) is 33.1 Å². The van der Waals surface area contributed by atoms with Gasteiger partial charge in [0.25, 0.3) is 0 Å². The Kier molecular flexibility index (Phi) is 8.57. The van der Waals surface area contributed by atoms with E-state index in [1.165, 1.54) is 0 Å². The average molecular weight is 275 g/mol. The number of rotatable bonds is 10. The summed E-state index contributed by atoms with van der Waals surface area (Å²) in [5.41, 5.74) is 0. The van der Waals surface area contributed by atoms with Crippen LogP contribution < -0.4 is 5.32 Å². The highest BCUT2D eigenvalue weighted by molar-refractivity contribution is 4.70. The molecule has 5 nitrogen and oxygen atoms in total. The fourth-order valence-corrected chi connectivity index (χ4v) is 2.26. The molecule has 3 N–H and O–H groups in total. The zero-order chi connectivity index (χ0) is 14.1. The van der Waals surface area contributed by atoms with Gasteiger partial charge >= 0.3 is 0 Å². The lowest BCUT2D eigenvalue weighted by Gasteiger charge is -2.20. The first-order valence-corrected chi connectivity index (χ1v) is 7.33. The molecule has 0 aromatic rings. The van der Waals surface area contributed by atoms with E-state index in [9.17, 15) is 10.2 Å². The van der Waals surface area contributed by atoms with Crippen molar-refractivity contribution < 1.29 is 19.7 Å². The SMILES string of the molecule is CC(C)CC(CO)NCC(O)COCC1CCCO1. The molecule has 1 saturated heterocycles. The standard InChI is InChI=1S/C14H29NO4/c1-11(2)6-12(8-16)15-7-13(17)9-18-10-14-4-3-5-19-14/h11-17H,3-10H2,1-2H3. The van der Waals surface area contributed by atoms with Gasteiger partial charge in [-0.1, -0.05) is 13.8 Å². The molecule has 114 valence electrons. The third-order valence-corrected chi connectivity index (χ3v) is 3.26. The van der Waals surface area contributed by atoms with E-state index >= 15 is 0 Å². The molecule has 1 heterocycles. The molecular formula is C14H29NO4. The largest absolute Gasteiger partial charge is 0.395 e. The van der Waals surface area contributed by atoms with Crippen molar-refractivity contribution in [1.29, 1.82) is 0 Å². The number of hydrogen-bond acceptors (Lipinski definition) is 5. The van der Waals surface area contributed by atoms with E-state index in [4.69, 9.17) is 9.47 Å². The molecule has 1 rings (SSSR count). The number of nitrogens with one attached hydrogen (secondary N) is 1. The lowest BCUT2D eigenvalue weighted by atomic mass is 10.0. The average Bonchev–Trinajstić information content (AvgIpc) is 2.87. The first-order chi connectivity index (χ1) is 9.11. The van der Waals surface area contributed by atoms with Gasteiger partial charge in [0, 0.05) is 19.2 Å². The number of hydrogen-bond donors (Lipinski definition) is 3. The molecule has 0 saturated carbocycles. The van der Waals surface area contributed by atoms with Crippen molar-refractivity contribution in [3.63, 3.8) is 0 Å². The summed E-state index contributed by atoms with van der Waals surface area (Å²) in [7, 11) is 0. The zero-order valence-corrected chi connectivity index (χ0v) is 12.2. The van der Waals surface area contributed by atoms with E-state index < -0.39 is 6.10 Å². The second-order valence-electron chi connectivity index (χ2n) is 5.74. The number of ether oxygens (including phenoxy) is 2. The van der Waals surface area contributed by atoms with Gasteiger partial charge < -0.3 is 25.0 Å². The molecule has 1 aliphatic heterocycles. The molecule has 5 heteroatoms. The summed E-state index contributed by atoms with van der Waals surface area (Å²) in [6, 6.07) is 0.0489. The highest BCUT2D eigenvalue weighted by atomic mass is 16.5. The van der Waals surface area contributed by atoms with Gasteiger partial charge in [-0.15, -0.1) is 0 Å². The van der Waals surface area contributed by atoms with Crippen molar-refractivity contribution in [1.82, 2.24) is 5.32 Å². The topological polar surface area (TPSA) is 71.0 Å². The minimum atomic E-state index is -0.539. The molecule has 0 spiro atoms. The minimum absolute atomic E-state index is 0.0489. The molecule has 0 aromatic heterocycles. The van der Waals surface area contributed by atoms with Crippen molar-refractivity contribution >= 4 is 0 Å². The van der Waals surface area contributed by atoms with Gasteiger partial charge in [-0.3, -0.25) is 0 Å². The van der Waals surface area contributed by atoms with E-state index in [0.717, 1.165) is 25.9 Å². The highest BCUT2D eigenvalue weighted by Gasteiger charge is 2.16. The van der Waals surface area contributed by atoms with E-state index in [0.29, 0.717) is 25.7 Å². The van der Waals surface area contributed by atoms with Crippen LogP contribution >= 0.6 is 0 Å². The van der Waals surface area contributed by atoms with Crippen LogP contribution in [0.2, 0.25) is 0 Å². The summed E-state index contributed by atoms with van der Waals surface area (Å²) >= 11 is 0. The molecule has 19 heavy (non-hydrogen) atoms. The van der Waals surface area contributed by atoms with Crippen molar-refractivity contribution in [3.8, 4) is 0 Å². The summed E-state index contributed by atoms with van der Waals surface area (Å²) in [5, 5.41) is 22.2. The Morgan fingerprint density at radius 3 is 2.79 bits per heavy atom. The predicted molar refractivity (Wildman–Crippen MR) is 74.1 cm³/mol. The Morgan fingerprint density at radius 1 is 1.42 bits per heavy atom. The van der Waals surface area contributed by atoms with E-state index in [1.807, 2.05) is 0 Å². The van der Waals surface area contributed by atoms with Gasteiger partial charge in [-0.25, -0.2) is 0 Å². The van der Waals surface area contributed by atoms with Crippen LogP contribution in [-0.4, -0.2) is 61.4 Å². The van der Waals surface area contributed by atoms with Crippen LogP contribution in [0.4, 0.5) is 0 Å². The van der Waals surface area contributed by atoms with Crippen LogP contribution in [0.15, 0.2) is 0 Å². The molecule has 0 radical (unpaired) electrons. The molecule has 0 amide bonds. The number of aliphatic hydroxyl groups excluding tert-OH is 2. The molecule has 1 aliphatic rings. The van der Waals surface area contributed by atoms with E-state index in [-0.39, 0.29) is 18.8 Å². The summed E-state index contributed by atoms with van der Waals surface area (Å²) in [6.07, 6.45) is 2.72. The molecule has 0 bridgehead atoms. The van der Waals surface area contributed by atoms with E-state index in [1.54, 1.807) is 0 Å². The summed E-state index contributed by atoms with van der Waals surface area (Å²) in [4.78, 5) is 0. The predicted octanol–water partition coefficient (Wildman–Crippen LogP) is 0.540. The monoisotopic (exact) mass is 275 g/mol. The quantitative estimate of drug-likeness (QED) is 0.543. The summed E-state index contributed by atoms with van der Waals surface area (Å²) < 4.78 is 10.9. The Bertz CT molecular complexity index is 219. The Labute approximate surface area is 116 Å². The molecule has 3 atom stereocenters. The van der Waals surface area contributed by atoms with Crippen LogP contribution in [0.25, 0.3) is 0 Å². The van der Waals surface area contributed by atoms with E-state index in [2.05, 4.69) is 19.2 Å². The van der Waals surface area contributed by atoms with Crippen molar-refractivity contribution in [2.75, 3.05) is 33.0 Å². The van der Waals surface area contributed by atoms with Crippen LogP contribution in [0, 0.1) is 5.92 Å².